The molecule has 0 bridgehead atoms. The van der Waals surface area contributed by atoms with Gasteiger partial charge in [0.15, 0.2) is 0 Å². The number of hydrogen-bond donors (Lipinski definition) is 1. The van der Waals surface area contributed by atoms with Crippen molar-refractivity contribution in [3.8, 4) is 5.75 Å². The van der Waals surface area contributed by atoms with Crippen LogP contribution in [0.5, 0.6) is 5.75 Å². The van der Waals surface area contributed by atoms with E-state index < -0.39 is 5.97 Å². The Kier molecular flexibility index (Phi) is 8.22. The lowest BCUT2D eigenvalue weighted by atomic mass is 10.1. The molecule has 0 spiro atoms. The molecule has 0 aromatic heterocycles. The molecule has 2 aromatic carbocycles. The van der Waals surface area contributed by atoms with Gasteiger partial charge in [0.25, 0.3) is 0 Å². The van der Waals surface area contributed by atoms with Crippen molar-refractivity contribution in [1.82, 2.24) is 0 Å². The molecule has 1 N–H and O–H groups in total. The van der Waals surface area contributed by atoms with Gasteiger partial charge in [-0.1, -0.05) is 29.5 Å². The van der Waals surface area contributed by atoms with Crippen LogP contribution in [0, 0.1) is 6.92 Å². The molecular weight excluding hydrogens is 436 g/mol. The van der Waals surface area contributed by atoms with E-state index in [9.17, 15) is 9.90 Å². The second kappa shape index (κ2) is 11.1. The maximum Gasteiger partial charge on any atom is 0.344 e. The Balaban J connectivity index is 2.04. The topological polar surface area (TPSA) is 71.4 Å². The number of anilines is 1. The minimum Gasteiger partial charge on any atom is -0.506 e. The summed E-state index contributed by atoms with van der Waals surface area (Å²) in [7, 11) is 1.62. The van der Waals surface area contributed by atoms with E-state index in [-0.39, 0.29) is 17.9 Å². The van der Waals surface area contributed by atoms with Gasteiger partial charge in [-0.05, 0) is 58.0 Å². The minimum absolute atomic E-state index is 0.0763. The second-order valence-electron chi connectivity index (χ2n) is 7.41. The van der Waals surface area contributed by atoms with Crippen molar-refractivity contribution < 1.29 is 19.4 Å². The fraction of sp³-hybridized carbons (Fsp3) is 0.308. The summed E-state index contributed by atoms with van der Waals surface area (Å²) >= 11 is 1.23. The summed E-state index contributed by atoms with van der Waals surface area (Å²) in [5.74, 6) is -0.0540. The predicted molar refractivity (Wildman–Crippen MR) is 137 cm³/mol. The van der Waals surface area contributed by atoms with Crippen LogP contribution in [-0.2, 0) is 9.53 Å². The van der Waals surface area contributed by atoms with Crippen LogP contribution in [0.2, 0.25) is 0 Å². The molecule has 0 amide bonds. The Morgan fingerprint density at radius 2 is 1.82 bits per heavy atom. The summed E-state index contributed by atoms with van der Waals surface area (Å²) in [5.41, 5.74) is 3.74. The summed E-state index contributed by atoms with van der Waals surface area (Å²) < 4.78 is 10.8. The molecule has 33 heavy (non-hydrogen) atoms. The number of rotatable bonds is 8. The number of benzene rings is 2. The third-order valence-electron chi connectivity index (χ3n) is 5.27. The van der Waals surface area contributed by atoms with Gasteiger partial charge in [-0.3, -0.25) is 0 Å². The number of aliphatic imine (C=N–C) groups is 1. The Labute approximate surface area is 199 Å². The predicted octanol–water partition coefficient (Wildman–Crippen LogP) is 6.04. The lowest BCUT2D eigenvalue weighted by Gasteiger charge is -2.22. The van der Waals surface area contributed by atoms with Crippen molar-refractivity contribution in [2.24, 2.45) is 4.99 Å². The molecule has 7 heteroatoms. The average molecular weight is 467 g/mol. The van der Waals surface area contributed by atoms with Gasteiger partial charge in [0.05, 0.1) is 24.3 Å². The van der Waals surface area contributed by atoms with E-state index in [1.807, 2.05) is 55.5 Å². The molecule has 1 heterocycles. The molecule has 0 atom stereocenters. The quantitative estimate of drug-likeness (QED) is 0.478. The molecule has 0 radical (unpaired) electrons. The minimum atomic E-state index is -0.597. The van der Waals surface area contributed by atoms with Crippen molar-refractivity contribution in [3.05, 3.63) is 69.8 Å². The first-order chi connectivity index (χ1) is 15.9. The van der Waals surface area contributed by atoms with Crippen molar-refractivity contribution in [2.45, 2.75) is 27.7 Å². The van der Waals surface area contributed by atoms with E-state index in [2.05, 4.69) is 23.7 Å². The third kappa shape index (κ3) is 5.60. The van der Waals surface area contributed by atoms with Gasteiger partial charge < -0.3 is 19.5 Å². The van der Waals surface area contributed by atoms with Gasteiger partial charge in [0.2, 0.25) is 0 Å². The van der Waals surface area contributed by atoms with Gasteiger partial charge in [0.1, 0.15) is 22.1 Å². The first-order valence-electron chi connectivity index (χ1n) is 11.0. The number of thioether (sulfide) groups is 1. The Bertz CT molecular complexity index is 1100. The number of nitrogens with zero attached hydrogens (tertiary/aromatic N) is 2. The van der Waals surface area contributed by atoms with Crippen LogP contribution in [0.25, 0.3) is 6.08 Å². The molecule has 0 saturated heterocycles. The lowest BCUT2D eigenvalue weighted by Crippen LogP contribution is -2.21. The first-order valence-corrected chi connectivity index (χ1v) is 11.8. The Hall–Kier alpha value is -3.19. The van der Waals surface area contributed by atoms with Gasteiger partial charge in [-0.25, -0.2) is 9.79 Å². The highest BCUT2D eigenvalue weighted by molar-refractivity contribution is 8.18. The fourth-order valence-corrected chi connectivity index (χ4v) is 4.50. The van der Waals surface area contributed by atoms with E-state index >= 15 is 0 Å². The van der Waals surface area contributed by atoms with E-state index in [0.717, 1.165) is 29.9 Å². The number of ether oxygens (including phenoxy) is 2. The molecule has 3 rings (SSSR count). The largest absolute Gasteiger partial charge is 0.506 e. The number of carbonyl (C=O) groups excluding carboxylic acids is 1. The van der Waals surface area contributed by atoms with Crippen LogP contribution >= 0.6 is 11.8 Å². The number of hydrogen-bond acceptors (Lipinski definition) is 7. The third-order valence-corrected chi connectivity index (χ3v) is 6.29. The zero-order valence-electron chi connectivity index (χ0n) is 19.7. The second-order valence-corrected chi connectivity index (χ2v) is 8.44. The van der Waals surface area contributed by atoms with Gasteiger partial charge in [-0.2, -0.15) is 0 Å². The summed E-state index contributed by atoms with van der Waals surface area (Å²) in [6.45, 7) is 9.93. The van der Waals surface area contributed by atoms with Crippen LogP contribution < -0.4 is 9.64 Å². The molecule has 1 aliphatic rings. The smallest absolute Gasteiger partial charge is 0.344 e. The lowest BCUT2D eigenvalue weighted by molar-refractivity contribution is -0.138. The highest BCUT2D eigenvalue weighted by Gasteiger charge is 2.33. The van der Waals surface area contributed by atoms with E-state index in [1.54, 1.807) is 14.0 Å². The fourth-order valence-electron chi connectivity index (χ4n) is 3.47. The SMILES string of the molecule is CCOC(=O)C1=C(O)/C(=C/c2ccc(N(CC)CC)cc2OC)SC1=Nc1ccc(C)cc1. The molecule has 2 aromatic rings. The van der Waals surface area contributed by atoms with Gasteiger partial charge in [-0.15, -0.1) is 0 Å². The molecule has 1 aliphatic heterocycles. The Morgan fingerprint density at radius 1 is 1.12 bits per heavy atom. The molecule has 174 valence electrons. The van der Waals surface area contributed by atoms with Crippen LogP contribution in [0.1, 0.15) is 31.9 Å². The zero-order chi connectivity index (χ0) is 24.0. The standard InChI is InChI=1S/C26H30N2O4S/c1-6-28(7-2)20-14-11-18(21(16-20)31-5)15-22-24(29)23(26(30)32-8-3)25(33-22)27-19-12-9-17(4)10-13-19/h9-16,29H,6-8H2,1-5H3/b22-15-,27-25?. The molecule has 0 aliphatic carbocycles. The summed E-state index contributed by atoms with van der Waals surface area (Å²) in [6.07, 6.45) is 1.81. The number of carbonyl (C=O) groups is 1. The van der Waals surface area contributed by atoms with E-state index in [0.29, 0.717) is 21.4 Å². The van der Waals surface area contributed by atoms with Crippen molar-refractivity contribution in [3.63, 3.8) is 0 Å². The van der Waals surface area contributed by atoms with E-state index in [1.165, 1.54) is 11.8 Å². The monoisotopic (exact) mass is 466 g/mol. The van der Waals surface area contributed by atoms with Crippen LogP contribution in [0.3, 0.4) is 0 Å². The first kappa shape index (κ1) is 24.5. The highest BCUT2D eigenvalue weighted by Crippen LogP contribution is 2.41. The number of aliphatic hydroxyl groups excluding tert-OH is 1. The molecule has 0 unspecified atom stereocenters. The highest BCUT2D eigenvalue weighted by atomic mass is 32.2. The summed E-state index contributed by atoms with van der Waals surface area (Å²) in [6, 6.07) is 13.6. The summed E-state index contributed by atoms with van der Waals surface area (Å²) in [4.78, 5) is 20.0. The van der Waals surface area contributed by atoms with Crippen LogP contribution in [0.4, 0.5) is 11.4 Å². The van der Waals surface area contributed by atoms with Crippen molar-refractivity contribution in [1.29, 1.82) is 0 Å². The van der Waals surface area contributed by atoms with Crippen molar-refractivity contribution in [2.75, 3.05) is 31.7 Å². The number of methoxy groups -OCH3 is 1. The van der Waals surface area contributed by atoms with Gasteiger partial charge in [0, 0.05) is 30.4 Å². The molecular formula is C26H30N2O4S. The molecule has 0 saturated carbocycles. The summed E-state index contributed by atoms with van der Waals surface area (Å²) in [5, 5.41) is 11.3. The zero-order valence-corrected chi connectivity index (χ0v) is 20.5. The van der Waals surface area contributed by atoms with Crippen LogP contribution in [-0.4, -0.2) is 42.9 Å². The van der Waals surface area contributed by atoms with E-state index in [4.69, 9.17) is 9.47 Å². The number of aliphatic hydroxyl groups is 1. The number of esters is 1. The Morgan fingerprint density at radius 3 is 2.42 bits per heavy atom. The maximum atomic E-state index is 12.6. The maximum absolute atomic E-state index is 12.6. The van der Waals surface area contributed by atoms with Gasteiger partial charge >= 0.3 is 5.97 Å². The van der Waals surface area contributed by atoms with Crippen LogP contribution in [0.15, 0.2) is 63.7 Å². The molecule has 0 fully saturated rings. The average Bonchev–Trinajstić information content (AvgIpc) is 3.11. The normalized spacial score (nSPS) is 15.9. The molecule has 6 nitrogen and oxygen atoms in total. The van der Waals surface area contributed by atoms with Crippen molar-refractivity contribution >= 4 is 40.2 Å². The number of aryl methyl sites for hydroxylation is 1.